The number of fused-ring (bicyclic) bond motifs is 1. The molecule has 10 heteroatoms. The molecule has 3 amide bonds. The lowest BCUT2D eigenvalue weighted by atomic mass is 9.97. The Morgan fingerprint density at radius 1 is 0.907 bits per heavy atom. The summed E-state index contributed by atoms with van der Waals surface area (Å²) < 4.78 is 15.7. The lowest BCUT2D eigenvalue weighted by Crippen LogP contribution is -2.53. The molecule has 3 aromatic carbocycles. The van der Waals surface area contributed by atoms with Gasteiger partial charge in [-0.2, -0.15) is 5.10 Å². The Kier molecular flexibility index (Phi) is 8.03. The highest BCUT2D eigenvalue weighted by atomic mass is 32.2. The number of aromatic nitrogens is 2. The van der Waals surface area contributed by atoms with Gasteiger partial charge in [-0.1, -0.05) is 54.6 Å². The third-order valence-corrected chi connectivity index (χ3v) is 9.29. The van der Waals surface area contributed by atoms with Gasteiger partial charge in [0.05, 0.1) is 22.4 Å². The van der Waals surface area contributed by atoms with Gasteiger partial charge in [0.1, 0.15) is 18.2 Å². The van der Waals surface area contributed by atoms with Crippen LogP contribution in [0.5, 0.6) is 0 Å². The number of rotatable bonds is 5. The van der Waals surface area contributed by atoms with E-state index in [1.807, 2.05) is 42.5 Å². The van der Waals surface area contributed by atoms with Gasteiger partial charge in [-0.3, -0.25) is 19.3 Å². The molecular weight excluding hydrogens is 565 g/mol. The van der Waals surface area contributed by atoms with E-state index in [9.17, 15) is 18.8 Å². The van der Waals surface area contributed by atoms with Crippen molar-refractivity contribution in [1.29, 1.82) is 0 Å². The summed E-state index contributed by atoms with van der Waals surface area (Å²) in [5.74, 6) is -0.140. The van der Waals surface area contributed by atoms with E-state index in [-0.39, 0.29) is 41.1 Å². The van der Waals surface area contributed by atoms with Crippen molar-refractivity contribution < 1.29 is 18.8 Å². The molecule has 1 atom stereocenters. The molecule has 8 nitrogen and oxygen atoms in total. The van der Waals surface area contributed by atoms with E-state index in [4.69, 9.17) is 5.10 Å². The van der Waals surface area contributed by atoms with Gasteiger partial charge >= 0.3 is 0 Å². The molecule has 0 saturated carbocycles. The van der Waals surface area contributed by atoms with Crippen molar-refractivity contribution in [3.05, 3.63) is 101 Å². The van der Waals surface area contributed by atoms with Crippen molar-refractivity contribution in [3.63, 3.8) is 0 Å². The summed E-state index contributed by atoms with van der Waals surface area (Å²) in [4.78, 5) is 44.5. The monoisotopic (exact) mass is 597 g/mol. The van der Waals surface area contributed by atoms with Gasteiger partial charge in [0.25, 0.3) is 0 Å². The number of hydrogen-bond acceptors (Lipinski definition) is 5. The molecule has 0 bridgehead atoms. The van der Waals surface area contributed by atoms with Crippen LogP contribution >= 0.6 is 11.8 Å². The average Bonchev–Trinajstić information content (AvgIpc) is 3.35. The Labute approximate surface area is 254 Å². The minimum absolute atomic E-state index is 0.0182. The van der Waals surface area contributed by atoms with Crippen LogP contribution < -0.4 is 4.90 Å². The molecule has 1 saturated heterocycles. The molecule has 220 valence electrons. The average molecular weight is 598 g/mol. The Hall–Kier alpha value is -4.44. The first-order valence-corrected chi connectivity index (χ1v) is 15.3. The summed E-state index contributed by atoms with van der Waals surface area (Å²) in [6, 6.07) is 23.9. The molecule has 1 aromatic heterocycles. The SMILES string of the molecule is CC(=O)N1CCN(C(=O)CN2C(=O)CSC(c3ccccc3C)c3c(-c4ccccc4)nn(-c4ccc(F)cc4)c32)CC1. The quantitative estimate of drug-likeness (QED) is 0.329. The molecule has 1 unspecified atom stereocenters. The lowest BCUT2D eigenvalue weighted by Gasteiger charge is -2.35. The molecule has 6 rings (SSSR count). The fourth-order valence-corrected chi connectivity index (χ4v) is 7.02. The largest absolute Gasteiger partial charge is 0.339 e. The molecular formula is C33H32FN5O3S. The van der Waals surface area contributed by atoms with E-state index < -0.39 is 0 Å². The van der Waals surface area contributed by atoms with Gasteiger partial charge in [-0.25, -0.2) is 9.07 Å². The van der Waals surface area contributed by atoms with Gasteiger partial charge in [0, 0.05) is 44.2 Å². The van der Waals surface area contributed by atoms with E-state index in [1.54, 1.807) is 31.5 Å². The molecule has 0 N–H and O–H groups in total. The zero-order valence-corrected chi connectivity index (χ0v) is 24.9. The van der Waals surface area contributed by atoms with Crippen LogP contribution in [0, 0.1) is 12.7 Å². The Bertz CT molecular complexity index is 1670. The minimum atomic E-state index is -0.383. The highest BCUT2D eigenvalue weighted by Crippen LogP contribution is 2.49. The number of piperazine rings is 1. The molecule has 2 aliphatic heterocycles. The molecule has 0 radical (unpaired) electrons. The maximum atomic E-state index is 14.0. The maximum Gasteiger partial charge on any atom is 0.242 e. The van der Waals surface area contributed by atoms with E-state index in [1.165, 1.54) is 30.8 Å². The second-order valence-electron chi connectivity index (χ2n) is 10.8. The second-order valence-corrected chi connectivity index (χ2v) is 11.8. The van der Waals surface area contributed by atoms with Crippen LogP contribution in [-0.4, -0.2) is 75.8 Å². The molecule has 0 spiro atoms. The summed E-state index contributed by atoms with van der Waals surface area (Å²) in [5, 5.41) is 4.81. The minimum Gasteiger partial charge on any atom is -0.339 e. The first kappa shape index (κ1) is 28.7. The lowest BCUT2D eigenvalue weighted by molar-refractivity contribution is -0.137. The van der Waals surface area contributed by atoms with Crippen molar-refractivity contribution in [2.45, 2.75) is 19.1 Å². The second kappa shape index (κ2) is 12.0. The normalized spacial score (nSPS) is 17.0. The number of hydrogen-bond donors (Lipinski definition) is 0. The van der Waals surface area contributed by atoms with Crippen LogP contribution in [0.4, 0.5) is 10.2 Å². The van der Waals surface area contributed by atoms with E-state index >= 15 is 0 Å². The van der Waals surface area contributed by atoms with Crippen molar-refractivity contribution in [3.8, 4) is 16.9 Å². The topological polar surface area (TPSA) is 78.8 Å². The molecule has 1 fully saturated rings. The Morgan fingerprint density at radius 3 is 2.23 bits per heavy atom. The number of thioether (sulfide) groups is 1. The van der Waals surface area contributed by atoms with Gasteiger partial charge in [0.15, 0.2) is 0 Å². The highest BCUT2D eigenvalue weighted by molar-refractivity contribution is 8.00. The number of nitrogens with zero attached hydrogens (tertiary/aromatic N) is 5. The summed E-state index contributed by atoms with van der Waals surface area (Å²) in [6.45, 7) is 5.12. The standard InChI is InChI=1S/C33H32FN5O3S/c1-22-8-6-7-11-27(22)32-30-31(24-9-4-3-5-10-24)35-39(26-14-12-25(34)13-15-26)33(30)38(29(42)21-43-32)20-28(41)37-18-16-36(17-19-37)23(2)40/h3-15,32H,16-21H2,1-2H3. The summed E-state index contributed by atoms with van der Waals surface area (Å²) >= 11 is 1.52. The zero-order valence-electron chi connectivity index (χ0n) is 24.1. The van der Waals surface area contributed by atoms with Crippen molar-refractivity contribution >= 4 is 35.3 Å². The van der Waals surface area contributed by atoms with Gasteiger partial charge in [-0.15, -0.1) is 11.8 Å². The summed E-state index contributed by atoms with van der Waals surface area (Å²) in [6.07, 6.45) is 0. The number of halogens is 1. The van der Waals surface area contributed by atoms with Crippen molar-refractivity contribution in [1.82, 2.24) is 19.6 Å². The zero-order chi connectivity index (χ0) is 30.1. The number of carbonyl (C=O) groups is 3. The number of amides is 3. The highest BCUT2D eigenvalue weighted by Gasteiger charge is 2.39. The van der Waals surface area contributed by atoms with Gasteiger partial charge in [-0.05, 0) is 42.3 Å². The van der Waals surface area contributed by atoms with E-state index in [0.29, 0.717) is 43.4 Å². The fourth-order valence-electron chi connectivity index (χ4n) is 5.72. The third kappa shape index (κ3) is 5.67. The predicted octanol–water partition coefficient (Wildman–Crippen LogP) is 4.85. The van der Waals surface area contributed by atoms with E-state index in [0.717, 1.165) is 22.3 Å². The van der Waals surface area contributed by atoms with Crippen LogP contribution in [0.3, 0.4) is 0 Å². The van der Waals surface area contributed by atoms with Crippen LogP contribution in [0.1, 0.15) is 28.9 Å². The Morgan fingerprint density at radius 2 is 1.56 bits per heavy atom. The van der Waals surface area contributed by atoms with Crippen LogP contribution in [0.2, 0.25) is 0 Å². The van der Waals surface area contributed by atoms with Crippen LogP contribution in [0.15, 0.2) is 78.9 Å². The van der Waals surface area contributed by atoms with Crippen LogP contribution in [0.25, 0.3) is 16.9 Å². The molecule has 4 aromatic rings. The Balaban J connectivity index is 1.52. The molecule has 3 heterocycles. The molecule has 2 aliphatic rings. The first-order valence-electron chi connectivity index (χ1n) is 14.3. The smallest absolute Gasteiger partial charge is 0.242 e. The predicted molar refractivity (Wildman–Crippen MR) is 166 cm³/mol. The number of benzene rings is 3. The molecule has 43 heavy (non-hydrogen) atoms. The van der Waals surface area contributed by atoms with E-state index in [2.05, 4.69) is 19.1 Å². The first-order chi connectivity index (χ1) is 20.8. The van der Waals surface area contributed by atoms with Crippen molar-refractivity contribution in [2.24, 2.45) is 0 Å². The number of anilines is 1. The van der Waals surface area contributed by atoms with Crippen LogP contribution in [-0.2, 0) is 14.4 Å². The fraction of sp³-hybridized carbons (Fsp3) is 0.273. The third-order valence-electron chi connectivity index (χ3n) is 8.05. The van der Waals surface area contributed by atoms with Gasteiger partial charge in [0.2, 0.25) is 17.7 Å². The number of aryl methyl sites for hydroxylation is 1. The number of carbonyl (C=O) groups excluding carboxylic acids is 3. The molecule has 0 aliphatic carbocycles. The summed E-state index contributed by atoms with van der Waals surface area (Å²) in [5.41, 5.74) is 5.12. The summed E-state index contributed by atoms with van der Waals surface area (Å²) in [7, 11) is 0. The van der Waals surface area contributed by atoms with Crippen molar-refractivity contribution in [2.75, 3.05) is 43.4 Å². The maximum absolute atomic E-state index is 14.0. The van der Waals surface area contributed by atoms with Gasteiger partial charge < -0.3 is 9.80 Å².